The van der Waals surface area contributed by atoms with Crippen LogP contribution in [0.1, 0.15) is 21.7 Å². The number of non-ortho nitro benzene ring substituents is 1. The smallest absolute Gasteiger partial charge is 0.410 e. The molecule has 173 valence electrons. The number of esters is 1. The number of nitro benzene ring substituents is 1. The molecule has 1 aliphatic heterocycles. The number of ether oxygens (including phenoxy) is 2. The molecule has 0 spiro atoms. The maximum absolute atomic E-state index is 12.8. The van der Waals surface area contributed by atoms with Crippen LogP contribution in [0.2, 0.25) is 0 Å². The second-order valence-electron chi connectivity index (χ2n) is 7.04. The summed E-state index contributed by atoms with van der Waals surface area (Å²) in [5.74, 6) is -0.967. The van der Waals surface area contributed by atoms with Crippen LogP contribution in [0.4, 0.5) is 15.5 Å². The van der Waals surface area contributed by atoms with Crippen LogP contribution in [0.25, 0.3) is 0 Å². The lowest BCUT2D eigenvalue weighted by Gasteiger charge is -2.23. The molecule has 1 aromatic carbocycles. The SMILES string of the molecule is C=CCOC(=O)c1ccc(NC(=O)C2CC([S])CN2C(=O)OCc2ccc([N+](=O)[O-])cc2)s1. The molecule has 33 heavy (non-hydrogen) atoms. The molecule has 1 radical (unpaired) electrons. The molecule has 1 aromatic heterocycles. The molecule has 2 amide bonds. The van der Waals surface area contributed by atoms with E-state index in [0.29, 0.717) is 15.4 Å². The first kappa shape index (κ1) is 24.3. The number of thiophene rings is 1. The lowest BCUT2D eigenvalue weighted by Crippen LogP contribution is -2.43. The van der Waals surface area contributed by atoms with Crippen LogP contribution in [0.15, 0.2) is 49.1 Å². The summed E-state index contributed by atoms with van der Waals surface area (Å²) >= 11 is 6.35. The Hall–Kier alpha value is -3.38. The van der Waals surface area contributed by atoms with Crippen LogP contribution in [-0.4, -0.2) is 52.2 Å². The summed E-state index contributed by atoms with van der Waals surface area (Å²) < 4.78 is 10.3. The van der Waals surface area contributed by atoms with Gasteiger partial charge in [0, 0.05) is 23.9 Å². The third-order valence-corrected chi connectivity index (χ3v) is 6.02. The van der Waals surface area contributed by atoms with Crippen LogP contribution in [-0.2, 0) is 20.9 Å². The summed E-state index contributed by atoms with van der Waals surface area (Å²) in [5.41, 5.74) is 0.500. The van der Waals surface area contributed by atoms with Crippen LogP contribution in [0.3, 0.4) is 0 Å². The molecule has 1 saturated heterocycles. The number of likely N-dealkylation sites (tertiary alicyclic amines) is 1. The van der Waals surface area contributed by atoms with E-state index in [9.17, 15) is 24.5 Å². The van der Waals surface area contributed by atoms with Crippen molar-refractivity contribution in [2.45, 2.75) is 24.3 Å². The Kier molecular flexibility index (Phi) is 8.06. The quantitative estimate of drug-likeness (QED) is 0.257. The van der Waals surface area contributed by atoms with Gasteiger partial charge in [-0.15, -0.1) is 11.3 Å². The van der Waals surface area contributed by atoms with Crippen molar-refractivity contribution in [3.63, 3.8) is 0 Å². The Bertz CT molecular complexity index is 1050. The van der Waals surface area contributed by atoms with E-state index in [0.717, 1.165) is 11.3 Å². The Morgan fingerprint density at radius 3 is 2.64 bits per heavy atom. The fraction of sp³-hybridized carbons (Fsp3) is 0.286. The Labute approximate surface area is 198 Å². The lowest BCUT2D eigenvalue weighted by atomic mass is 10.2. The third kappa shape index (κ3) is 6.33. The standard InChI is InChI=1S/C21H20N3O7S2/c1-2-9-30-20(26)17-7-8-18(33-17)22-19(25)16-10-15(32)11-23(16)21(27)31-12-13-3-5-14(6-4-13)24(28)29/h2-8,15-16H,1,9-12H2,(H,22,25). The number of carbonyl (C=O) groups excluding carboxylic acids is 3. The zero-order chi connectivity index (χ0) is 24.0. The first-order valence-corrected chi connectivity index (χ1v) is 11.1. The number of amides is 2. The van der Waals surface area contributed by atoms with Crippen LogP contribution < -0.4 is 5.32 Å². The zero-order valence-electron chi connectivity index (χ0n) is 17.3. The first-order chi connectivity index (χ1) is 15.8. The first-order valence-electron chi connectivity index (χ1n) is 9.79. The maximum Gasteiger partial charge on any atom is 0.410 e. The number of rotatable bonds is 8. The highest BCUT2D eigenvalue weighted by molar-refractivity contribution is 7.81. The van der Waals surface area contributed by atoms with Gasteiger partial charge in [-0.05, 0) is 36.2 Å². The maximum atomic E-state index is 12.8. The number of benzene rings is 1. The van der Waals surface area contributed by atoms with Crippen LogP contribution >= 0.6 is 24.0 Å². The van der Waals surface area contributed by atoms with Gasteiger partial charge in [-0.3, -0.25) is 19.8 Å². The highest BCUT2D eigenvalue weighted by Gasteiger charge is 2.39. The van der Waals surface area contributed by atoms with E-state index in [2.05, 4.69) is 11.9 Å². The molecular formula is C21H20N3O7S2. The number of nitro groups is 1. The summed E-state index contributed by atoms with van der Waals surface area (Å²) in [7, 11) is 0. The fourth-order valence-corrected chi connectivity index (χ4v) is 4.26. The van der Waals surface area contributed by atoms with Gasteiger partial charge in [-0.25, -0.2) is 9.59 Å². The Balaban J connectivity index is 1.59. The minimum Gasteiger partial charge on any atom is -0.457 e. The van der Waals surface area contributed by atoms with E-state index in [1.807, 2.05) is 0 Å². The van der Waals surface area contributed by atoms with Crippen molar-refractivity contribution < 1.29 is 28.8 Å². The summed E-state index contributed by atoms with van der Waals surface area (Å²) in [6.07, 6.45) is 1.03. The molecule has 1 aliphatic rings. The van der Waals surface area contributed by atoms with Gasteiger partial charge in [0.05, 0.1) is 9.92 Å². The minimum absolute atomic E-state index is 0.0685. The Morgan fingerprint density at radius 2 is 1.97 bits per heavy atom. The molecule has 12 heteroatoms. The largest absolute Gasteiger partial charge is 0.457 e. The number of nitrogens with one attached hydrogen (secondary N) is 1. The number of nitrogens with zero attached hydrogens (tertiary/aromatic N) is 2. The molecule has 3 rings (SSSR count). The van der Waals surface area contributed by atoms with Gasteiger partial charge in [0.1, 0.15) is 24.1 Å². The molecule has 2 aromatic rings. The minimum atomic E-state index is -0.824. The molecule has 1 N–H and O–H groups in total. The van der Waals surface area contributed by atoms with Gasteiger partial charge in [0.15, 0.2) is 0 Å². The molecular weight excluding hydrogens is 470 g/mol. The van der Waals surface area contributed by atoms with Gasteiger partial charge in [-0.1, -0.05) is 25.3 Å². The predicted octanol–water partition coefficient (Wildman–Crippen LogP) is 3.91. The van der Waals surface area contributed by atoms with Crippen molar-refractivity contribution in [1.82, 2.24) is 4.90 Å². The van der Waals surface area contributed by atoms with Crippen LogP contribution in [0.5, 0.6) is 0 Å². The molecule has 2 atom stereocenters. The van der Waals surface area contributed by atoms with Crippen LogP contribution in [0, 0.1) is 10.1 Å². The van der Waals surface area contributed by atoms with Gasteiger partial charge in [-0.2, -0.15) is 0 Å². The molecule has 0 aliphatic carbocycles. The van der Waals surface area contributed by atoms with Crippen molar-refractivity contribution in [3.05, 3.63) is 69.6 Å². The normalized spacial score (nSPS) is 17.3. The monoisotopic (exact) mass is 490 g/mol. The van der Waals surface area contributed by atoms with Crippen molar-refractivity contribution >= 4 is 52.6 Å². The predicted molar refractivity (Wildman–Crippen MR) is 123 cm³/mol. The van der Waals surface area contributed by atoms with Crippen molar-refractivity contribution in [2.75, 3.05) is 18.5 Å². The molecule has 0 bridgehead atoms. The third-order valence-electron chi connectivity index (χ3n) is 4.70. The topological polar surface area (TPSA) is 128 Å². The van der Waals surface area contributed by atoms with Crippen molar-refractivity contribution in [2.24, 2.45) is 0 Å². The van der Waals surface area contributed by atoms with E-state index in [-0.39, 0.29) is 37.1 Å². The summed E-state index contributed by atoms with van der Waals surface area (Å²) in [6, 6.07) is 7.90. The van der Waals surface area contributed by atoms with Gasteiger partial charge < -0.3 is 14.8 Å². The van der Waals surface area contributed by atoms with Crippen molar-refractivity contribution in [1.29, 1.82) is 0 Å². The fourth-order valence-electron chi connectivity index (χ4n) is 3.11. The van der Waals surface area contributed by atoms with E-state index in [1.54, 1.807) is 6.07 Å². The lowest BCUT2D eigenvalue weighted by molar-refractivity contribution is -0.384. The second-order valence-corrected chi connectivity index (χ2v) is 8.79. The molecule has 0 saturated carbocycles. The van der Waals surface area contributed by atoms with E-state index < -0.39 is 28.9 Å². The summed E-state index contributed by atoms with van der Waals surface area (Å²) in [4.78, 5) is 49.1. The Morgan fingerprint density at radius 1 is 1.24 bits per heavy atom. The van der Waals surface area contributed by atoms with Crippen molar-refractivity contribution in [3.8, 4) is 0 Å². The zero-order valence-corrected chi connectivity index (χ0v) is 18.9. The number of hydrogen-bond acceptors (Lipinski definition) is 8. The molecule has 1 fully saturated rings. The summed E-state index contributed by atoms with van der Waals surface area (Å²) in [5, 5.41) is 13.5. The molecule has 2 heterocycles. The number of carbonyl (C=O) groups is 3. The van der Waals surface area contributed by atoms with E-state index >= 15 is 0 Å². The number of anilines is 1. The second kappa shape index (κ2) is 11.0. The summed E-state index contributed by atoms with van der Waals surface area (Å²) in [6.45, 7) is 3.63. The van der Waals surface area contributed by atoms with Gasteiger partial charge in [0.2, 0.25) is 5.91 Å². The van der Waals surface area contributed by atoms with E-state index in [4.69, 9.17) is 22.1 Å². The van der Waals surface area contributed by atoms with Gasteiger partial charge in [0.25, 0.3) is 5.69 Å². The average Bonchev–Trinajstić information content (AvgIpc) is 3.42. The average molecular weight is 491 g/mol. The molecule has 10 nitrogen and oxygen atoms in total. The van der Waals surface area contributed by atoms with Gasteiger partial charge >= 0.3 is 12.1 Å². The highest BCUT2D eigenvalue weighted by atomic mass is 32.1. The number of hydrogen-bond donors (Lipinski definition) is 1. The van der Waals surface area contributed by atoms with E-state index in [1.165, 1.54) is 41.3 Å². The molecule has 2 unspecified atom stereocenters. The highest BCUT2D eigenvalue weighted by Crippen LogP contribution is 2.27.